The smallest absolute Gasteiger partial charge is 0.376 e. The lowest BCUT2D eigenvalue weighted by molar-refractivity contribution is -0.137. The molecule has 2 rings (SSSR count). The minimum absolute atomic E-state index is 0.462. The third kappa shape index (κ3) is 2.98. The van der Waals surface area contributed by atoms with Crippen molar-refractivity contribution in [3.63, 3.8) is 0 Å². The maximum atomic E-state index is 12.7. The summed E-state index contributed by atoms with van der Waals surface area (Å²) in [4.78, 5) is 3.92. The van der Waals surface area contributed by atoms with Gasteiger partial charge in [0.2, 0.25) is 0 Å². The minimum Gasteiger partial charge on any atom is -0.376 e. The van der Waals surface area contributed by atoms with E-state index in [-0.39, 0.29) is 0 Å². The molecule has 20 heavy (non-hydrogen) atoms. The number of alkyl halides is 3. The van der Waals surface area contributed by atoms with E-state index >= 15 is 0 Å². The van der Waals surface area contributed by atoms with Gasteiger partial charge in [-0.1, -0.05) is 19.3 Å². The number of thiazole rings is 1. The molecule has 3 N–H and O–H groups in total. The Bertz CT molecular complexity index is 443. The number of nitrogens with zero attached hydrogens (tertiary/aromatic N) is 1. The summed E-state index contributed by atoms with van der Waals surface area (Å²) in [5.41, 5.74) is 2.07. The van der Waals surface area contributed by atoms with Gasteiger partial charge in [0.25, 0.3) is 0 Å². The van der Waals surface area contributed by atoms with Gasteiger partial charge in [-0.05, 0) is 12.8 Å². The first kappa shape index (κ1) is 15.7. The lowest BCUT2D eigenvalue weighted by Crippen LogP contribution is -2.48. The molecule has 8 heteroatoms. The van der Waals surface area contributed by atoms with Crippen LogP contribution in [0.15, 0.2) is 6.20 Å². The highest BCUT2D eigenvalue weighted by atomic mass is 32.1. The fourth-order valence-corrected chi connectivity index (χ4v) is 3.76. The first-order chi connectivity index (χ1) is 9.43. The summed E-state index contributed by atoms with van der Waals surface area (Å²) >= 11 is 0.621. The maximum Gasteiger partial charge on any atom is 0.443 e. The van der Waals surface area contributed by atoms with Crippen molar-refractivity contribution < 1.29 is 17.9 Å². The fraction of sp³-hybridized carbons (Fsp3) is 0.750. The van der Waals surface area contributed by atoms with E-state index in [0.717, 1.165) is 32.1 Å². The summed E-state index contributed by atoms with van der Waals surface area (Å²) in [7, 11) is 1.58. The molecule has 1 atom stereocenters. The molecule has 1 saturated carbocycles. The van der Waals surface area contributed by atoms with Gasteiger partial charge in [0.15, 0.2) is 5.01 Å². The van der Waals surface area contributed by atoms with E-state index in [4.69, 9.17) is 10.6 Å². The largest absolute Gasteiger partial charge is 0.443 e. The number of rotatable bonds is 4. The lowest BCUT2D eigenvalue weighted by atomic mass is 9.79. The molecule has 0 aliphatic heterocycles. The van der Waals surface area contributed by atoms with Crippen molar-refractivity contribution in [1.29, 1.82) is 0 Å². The Morgan fingerprint density at radius 2 is 2.05 bits per heavy atom. The summed E-state index contributed by atoms with van der Waals surface area (Å²) in [6.07, 6.45) is 1.45. The van der Waals surface area contributed by atoms with Crippen molar-refractivity contribution in [2.45, 2.75) is 49.9 Å². The molecule has 0 amide bonds. The van der Waals surface area contributed by atoms with Crippen molar-refractivity contribution in [3.05, 3.63) is 16.1 Å². The van der Waals surface area contributed by atoms with Crippen LogP contribution in [0.5, 0.6) is 0 Å². The van der Waals surface area contributed by atoms with Crippen molar-refractivity contribution in [2.24, 2.45) is 5.84 Å². The van der Waals surface area contributed by atoms with E-state index < -0.39 is 22.8 Å². The zero-order chi connectivity index (χ0) is 14.8. The Hall–Kier alpha value is -0.700. The maximum absolute atomic E-state index is 12.7. The molecule has 1 heterocycles. The van der Waals surface area contributed by atoms with Gasteiger partial charge in [-0.25, -0.2) is 10.4 Å². The summed E-state index contributed by atoms with van der Waals surface area (Å²) in [6.45, 7) is 0. The quantitative estimate of drug-likeness (QED) is 0.663. The molecule has 114 valence electrons. The Labute approximate surface area is 119 Å². The van der Waals surface area contributed by atoms with Crippen LogP contribution in [0.2, 0.25) is 0 Å². The molecule has 1 aromatic rings. The number of nitrogens with one attached hydrogen (secondary N) is 1. The number of aromatic nitrogens is 1. The summed E-state index contributed by atoms with van der Waals surface area (Å²) in [5, 5.41) is -0.852. The van der Waals surface area contributed by atoms with E-state index in [1.165, 1.54) is 6.20 Å². The second-order valence-corrected chi connectivity index (χ2v) is 6.06. The van der Waals surface area contributed by atoms with Crippen molar-refractivity contribution in [3.8, 4) is 0 Å². The van der Waals surface area contributed by atoms with Gasteiger partial charge < -0.3 is 4.74 Å². The van der Waals surface area contributed by atoms with Crippen LogP contribution in [-0.4, -0.2) is 17.7 Å². The number of nitrogens with two attached hydrogens (primary N) is 1. The van der Waals surface area contributed by atoms with E-state index in [1.54, 1.807) is 7.11 Å². The molecule has 0 aromatic carbocycles. The first-order valence-electron chi connectivity index (χ1n) is 6.47. The van der Waals surface area contributed by atoms with E-state index in [2.05, 4.69) is 10.4 Å². The lowest BCUT2D eigenvalue weighted by Gasteiger charge is -2.41. The number of halogens is 3. The molecular formula is C12H18F3N3OS. The van der Waals surface area contributed by atoms with E-state index in [9.17, 15) is 13.2 Å². The van der Waals surface area contributed by atoms with Crippen molar-refractivity contribution in [2.75, 3.05) is 7.11 Å². The zero-order valence-corrected chi connectivity index (χ0v) is 12.0. The van der Waals surface area contributed by atoms with Gasteiger partial charge in [0, 0.05) is 18.2 Å². The normalized spacial score (nSPS) is 20.9. The van der Waals surface area contributed by atoms with Crippen LogP contribution in [0.1, 0.15) is 48.0 Å². The summed E-state index contributed by atoms with van der Waals surface area (Å²) in [5.74, 6) is 5.58. The third-order valence-electron chi connectivity index (χ3n) is 3.85. The molecular weight excluding hydrogens is 291 g/mol. The Morgan fingerprint density at radius 3 is 2.50 bits per heavy atom. The highest BCUT2D eigenvalue weighted by Crippen LogP contribution is 2.43. The van der Waals surface area contributed by atoms with E-state index in [1.807, 2.05) is 0 Å². The molecule has 0 saturated heterocycles. The SMILES string of the molecule is COC1(C(NN)c2cnc(C(F)(F)F)s2)CCCCC1. The van der Waals surface area contributed by atoms with Crippen LogP contribution in [0.4, 0.5) is 13.2 Å². The molecule has 1 aliphatic carbocycles. The van der Waals surface area contributed by atoms with Gasteiger partial charge in [0.05, 0.1) is 11.6 Å². The molecule has 0 bridgehead atoms. The topological polar surface area (TPSA) is 60.2 Å². The Morgan fingerprint density at radius 1 is 1.40 bits per heavy atom. The highest BCUT2D eigenvalue weighted by Gasteiger charge is 2.43. The molecule has 1 unspecified atom stereocenters. The molecule has 1 aromatic heterocycles. The second kappa shape index (κ2) is 5.97. The van der Waals surface area contributed by atoms with Crippen LogP contribution in [0.3, 0.4) is 0 Å². The number of hydrazine groups is 1. The summed E-state index contributed by atoms with van der Waals surface area (Å²) < 4.78 is 43.6. The number of ether oxygens (including phenoxy) is 1. The third-order valence-corrected chi connectivity index (χ3v) is 4.96. The molecule has 1 fully saturated rings. The zero-order valence-electron chi connectivity index (χ0n) is 11.2. The predicted molar refractivity (Wildman–Crippen MR) is 70.0 cm³/mol. The Balaban J connectivity index is 2.29. The molecule has 1 aliphatic rings. The number of methoxy groups -OCH3 is 1. The van der Waals surface area contributed by atoms with Crippen molar-refractivity contribution in [1.82, 2.24) is 10.4 Å². The van der Waals surface area contributed by atoms with Gasteiger partial charge in [-0.2, -0.15) is 13.2 Å². The monoisotopic (exact) mass is 309 g/mol. The van der Waals surface area contributed by atoms with Gasteiger partial charge >= 0.3 is 6.18 Å². The van der Waals surface area contributed by atoms with Crippen LogP contribution in [-0.2, 0) is 10.9 Å². The average Bonchev–Trinajstić information content (AvgIpc) is 2.90. The van der Waals surface area contributed by atoms with Gasteiger partial charge in [-0.3, -0.25) is 5.84 Å². The van der Waals surface area contributed by atoms with Crippen LogP contribution < -0.4 is 11.3 Å². The highest BCUT2D eigenvalue weighted by molar-refractivity contribution is 7.11. The minimum atomic E-state index is -4.42. The standard InChI is InChI=1S/C12H18F3N3OS/c1-19-11(5-3-2-4-6-11)9(18-16)8-7-17-10(20-8)12(13,14)15/h7,9,18H,2-6,16H2,1H3. The van der Waals surface area contributed by atoms with E-state index in [0.29, 0.717) is 16.2 Å². The van der Waals surface area contributed by atoms with Gasteiger partial charge in [0.1, 0.15) is 0 Å². The van der Waals surface area contributed by atoms with Gasteiger partial charge in [-0.15, -0.1) is 11.3 Å². The van der Waals surface area contributed by atoms with Crippen molar-refractivity contribution >= 4 is 11.3 Å². The molecule has 0 spiro atoms. The molecule has 0 radical (unpaired) electrons. The average molecular weight is 309 g/mol. The van der Waals surface area contributed by atoms with Crippen LogP contribution in [0, 0.1) is 0 Å². The van der Waals surface area contributed by atoms with Crippen LogP contribution >= 0.6 is 11.3 Å². The van der Waals surface area contributed by atoms with Crippen LogP contribution in [0.25, 0.3) is 0 Å². The molecule has 4 nitrogen and oxygen atoms in total. The number of hydrogen-bond donors (Lipinski definition) is 2. The fourth-order valence-electron chi connectivity index (χ4n) is 2.81. The summed E-state index contributed by atoms with van der Waals surface area (Å²) in [6, 6.07) is -0.471. The second-order valence-electron chi connectivity index (χ2n) is 4.99. The Kier molecular flexibility index (Phi) is 4.68. The number of hydrogen-bond acceptors (Lipinski definition) is 5. The predicted octanol–water partition coefficient (Wildman–Crippen LogP) is 3.02. The first-order valence-corrected chi connectivity index (χ1v) is 7.29.